The van der Waals surface area contributed by atoms with Crippen LogP contribution in [0.4, 0.5) is 4.11 Å². The average Bonchev–Trinajstić information content (AvgIpc) is 2.38. The Labute approximate surface area is 111 Å². The third kappa shape index (κ3) is 2.32. The van der Waals surface area contributed by atoms with Crippen LogP contribution in [-0.2, 0) is 17.7 Å². The predicted molar refractivity (Wildman–Crippen MR) is 72.3 cm³/mol. The van der Waals surface area contributed by atoms with Crippen molar-refractivity contribution in [2.75, 3.05) is 28.4 Å². The first-order chi connectivity index (χ1) is 8.31. The van der Waals surface area contributed by atoms with Gasteiger partial charge in [0, 0.05) is 39.5 Å². The summed E-state index contributed by atoms with van der Waals surface area (Å²) in [5, 5.41) is 0. The van der Waals surface area contributed by atoms with Crippen molar-refractivity contribution in [3.05, 3.63) is 0 Å². The van der Waals surface area contributed by atoms with Crippen LogP contribution in [0.1, 0.15) is 13.8 Å². The molecule has 4 nitrogen and oxygen atoms in total. The summed E-state index contributed by atoms with van der Waals surface area (Å²) in [6.45, 7) is 6.11. The van der Waals surface area contributed by atoms with Crippen molar-refractivity contribution >= 4 is 17.5 Å². The van der Waals surface area contributed by atoms with Gasteiger partial charge in [0.05, 0.1) is 0 Å². The van der Waals surface area contributed by atoms with Crippen LogP contribution in [0.3, 0.4) is 0 Å². The molecule has 2 unspecified atom stereocenters. The van der Waals surface area contributed by atoms with E-state index < -0.39 is 17.5 Å². The zero-order chi connectivity index (χ0) is 14.1. The normalized spacial score (nSPS) is 33.3. The van der Waals surface area contributed by atoms with E-state index in [1.807, 2.05) is 20.4 Å². The lowest BCUT2D eigenvalue weighted by Crippen LogP contribution is -2.61. The molecule has 7 heteroatoms. The van der Waals surface area contributed by atoms with E-state index >= 15 is 0 Å². The Hall–Kier alpha value is 0.204. The third-order valence-corrected chi connectivity index (χ3v) is 11.5. The van der Waals surface area contributed by atoms with Crippen molar-refractivity contribution < 1.29 is 21.8 Å². The van der Waals surface area contributed by atoms with Gasteiger partial charge in [0.15, 0.2) is 0 Å². The van der Waals surface area contributed by atoms with Gasteiger partial charge in [-0.2, -0.15) is 0 Å². The molecule has 0 bridgehead atoms. The fourth-order valence-electron chi connectivity index (χ4n) is 3.55. The Balaban J connectivity index is 2.89. The van der Waals surface area contributed by atoms with E-state index in [1.54, 1.807) is 14.2 Å². The molecule has 1 aliphatic carbocycles. The van der Waals surface area contributed by atoms with Gasteiger partial charge < -0.3 is 17.7 Å². The molecule has 0 aromatic rings. The second kappa shape index (κ2) is 5.68. The second-order valence-corrected chi connectivity index (χ2v) is 11.3. The van der Waals surface area contributed by atoms with E-state index in [-0.39, 0.29) is 22.9 Å². The molecule has 1 fully saturated rings. The van der Waals surface area contributed by atoms with Gasteiger partial charge in [-0.25, -0.2) is 4.11 Å². The SMILES string of the molecule is CO[Si](C)(OC)C1C(C)C([Si](F)(OC)OC)C1C. The molecule has 1 rings (SSSR count). The van der Waals surface area contributed by atoms with Crippen LogP contribution >= 0.6 is 0 Å². The molecule has 2 atom stereocenters. The molecular formula is C11H25FO4Si2. The van der Waals surface area contributed by atoms with Gasteiger partial charge >= 0.3 is 17.5 Å². The van der Waals surface area contributed by atoms with Gasteiger partial charge in [-0.1, -0.05) is 13.8 Å². The first-order valence-corrected chi connectivity index (χ1v) is 10.4. The molecule has 0 heterocycles. The van der Waals surface area contributed by atoms with Crippen LogP contribution in [0.5, 0.6) is 0 Å². The van der Waals surface area contributed by atoms with Gasteiger partial charge in [0.1, 0.15) is 0 Å². The smallest absolute Gasteiger partial charge is 0.398 e. The molecule has 0 saturated heterocycles. The van der Waals surface area contributed by atoms with Gasteiger partial charge in [-0.3, -0.25) is 0 Å². The Bertz CT molecular complexity index is 248. The molecule has 18 heavy (non-hydrogen) atoms. The fraction of sp³-hybridized carbons (Fsp3) is 1.00. The minimum atomic E-state index is -3.58. The summed E-state index contributed by atoms with van der Waals surface area (Å²) in [6, 6.07) is 0. The topological polar surface area (TPSA) is 36.9 Å². The monoisotopic (exact) mass is 296 g/mol. The first kappa shape index (κ1) is 16.3. The van der Waals surface area contributed by atoms with Crippen molar-refractivity contribution in [1.82, 2.24) is 0 Å². The minimum absolute atomic E-state index is 0.158. The molecule has 0 radical (unpaired) electrons. The maximum Gasteiger partial charge on any atom is 0.543 e. The number of rotatable bonds is 6. The van der Waals surface area contributed by atoms with Gasteiger partial charge in [0.2, 0.25) is 0 Å². The average molecular weight is 296 g/mol. The molecule has 0 aromatic heterocycles. The fourth-order valence-corrected chi connectivity index (χ4v) is 9.36. The summed E-state index contributed by atoms with van der Waals surface area (Å²) in [6.07, 6.45) is 0. The Kier molecular flexibility index (Phi) is 5.13. The standard InChI is InChI=1S/C11H25FO4Si2/c1-8-10(17(7,13-3)14-4)9(2)11(8)18(12,15-5)16-6/h8-11H,1-7H3. The largest absolute Gasteiger partial charge is 0.543 e. The highest BCUT2D eigenvalue weighted by molar-refractivity contribution is 6.69. The van der Waals surface area contributed by atoms with Gasteiger partial charge in [-0.05, 0) is 18.4 Å². The van der Waals surface area contributed by atoms with Crippen molar-refractivity contribution in [1.29, 1.82) is 0 Å². The summed E-state index contributed by atoms with van der Waals surface area (Å²) < 4.78 is 35.9. The van der Waals surface area contributed by atoms with Crippen LogP contribution < -0.4 is 0 Å². The molecule has 0 amide bonds. The second-order valence-electron chi connectivity index (χ2n) is 5.18. The Morgan fingerprint density at radius 2 is 1.17 bits per heavy atom. The molecule has 1 aliphatic rings. The van der Waals surface area contributed by atoms with Crippen LogP contribution in [0.15, 0.2) is 0 Å². The highest BCUT2D eigenvalue weighted by Crippen LogP contribution is 2.62. The first-order valence-electron chi connectivity index (χ1n) is 6.20. The van der Waals surface area contributed by atoms with E-state index in [1.165, 1.54) is 14.2 Å². The summed E-state index contributed by atoms with van der Waals surface area (Å²) >= 11 is 0. The van der Waals surface area contributed by atoms with Crippen molar-refractivity contribution in [2.45, 2.75) is 31.5 Å². The van der Waals surface area contributed by atoms with Crippen LogP contribution in [0, 0.1) is 11.8 Å². The van der Waals surface area contributed by atoms with Crippen LogP contribution in [-0.4, -0.2) is 45.9 Å². The van der Waals surface area contributed by atoms with Crippen LogP contribution in [0.25, 0.3) is 0 Å². The Morgan fingerprint density at radius 3 is 1.44 bits per heavy atom. The highest BCUT2D eigenvalue weighted by Gasteiger charge is 2.67. The lowest BCUT2D eigenvalue weighted by molar-refractivity contribution is 0.0787. The van der Waals surface area contributed by atoms with E-state index in [2.05, 4.69) is 0 Å². The summed E-state index contributed by atoms with van der Waals surface area (Å²) in [5.41, 5.74) is 0.111. The molecule has 0 aromatic carbocycles. The third-order valence-electron chi connectivity index (χ3n) is 4.64. The van der Waals surface area contributed by atoms with E-state index in [4.69, 9.17) is 17.7 Å². The maximum atomic E-state index is 14.6. The lowest BCUT2D eigenvalue weighted by atomic mass is 9.75. The summed E-state index contributed by atoms with van der Waals surface area (Å²) in [4.78, 5) is 0. The van der Waals surface area contributed by atoms with Crippen LogP contribution in [0.2, 0.25) is 17.6 Å². The lowest BCUT2D eigenvalue weighted by Gasteiger charge is -2.55. The zero-order valence-electron chi connectivity index (χ0n) is 12.3. The van der Waals surface area contributed by atoms with Crippen molar-refractivity contribution in [3.63, 3.8) is 0 Å². The molecule has 1 saturated carbocycles. The Morgan fingerprint density at radius 1 is 0.778 bits per heavy atom. The van der Waals surface area contributed by atoms with Crippen molar-refractivity contribution in [2.24, 2.45) is 11.8 Å². The summed E-state index contributed by atoms with van der Waals surface area (Å²) in [5.74, 6) is 0.321. The zero-order valence-corrected chi connectivity index (χ0v) is 14.3. The van der Waals surface area contributed by atoms with E-state index in [0.29, 0.717) is 0 Å². The maximum absolute atomic E-state index is 14.6. The molecule has 0 spiro atoms. The van der Waals surface area contributed by atoms with E-state index in [0.717, 1.165) is 0 Å². The van der Waals surface area contributed by atoms with Crippen molar-refractivity contribution in [3.8, 4) is 0 Å². The number of halogens is 1. The van der Waals surface area contributed by atoms with Gasteiger partial charge in [0.25, 0.3) is 0 Å². The molecule has 0 N–H and O–H groups in total. The highest BCUT2D eigenvalue weighted by atomic mass is 28.4. The molecule has 108 valence electrons. The van der Waals surface area contributed by atoms with Gasteiger partial charge in [-0.15, -0.1) is 0 Å². The molecular weight excluding hydrogens is 271 g/mol. The van der Waals surface area contributed by atoms with E-state index in [9.17, 15) is 4.11 Å². The quantitative estimate of drug-likeness (QED) is 0.558. The number of hydrogen-bond donors (Lipinski definition) is 0. The number of hydrogen-bond acceptors (Lipinski definition) is 4. The molecule has 0 aliphatic heterocycles. The summed E-state index contributed by atoms with van der Waals surface area (Å²) in [7, 11) is 0.324. The minimum Gasteiger partial charge on any atom is -0.398 e. The predicted octanol–water partition coefficient (Wildman–Crippen LogP) is 2.58.